The molecule has 0 radical (unpaired) electrons. The van der Waals surface area contributed by atoms with Gasteiger partial charge in [0, 0.05) is 17.1 Å². The highest BCUT2D eigenvalue weighted by Crippen LogP contribution is 2.21. The Balaban J connectivity index is 2.08. The lowest BCUT2D eigenvalue weighted by Crippen LogP contribution is -2.39. The number of carboxylic acids is 1. The van der Waals surface area contributed by atoms with E-state index in [0.717, 1.165) is 25.9 Å². The Bertz CT molecular complexity index is 498. The summed E-state index contributed by atoms with van der Waals surface area (Å²) in [6, 6.07) is 6.65. The molecule has 1 aromatic carbocycles. The predicted molar refractivity (Wildman–Crippen MR) is 81.7 cm³/mol. The number of nitrogens with one attached hydrogen (secondary N) is 1. The maximum atomic E-state index is 12.4. The number of anilines is 1. The lowest BCUT2D eigenvalue weighted by Gasteiger charge is -2.26. The van der Waals surface area contributed by atoms with Gasteiger partial charge in [-0.2, -0.15) is 0 Å². The minimum absolute atomic E-state index is 0.159. The van der Waals surface area contributed by atoms with Crippen LogP contribution >= 0.6 is 11.6 Å². The molecule has 1 saturated heterocycles. The van der Waals surface area contributed by atoms with Gasteiger partial charge in [-0.05, 0) is 56.1 Å². The molecule has 1 aliphatic heterocycles. The van der Waals surface area contributed by atoms with Gasteiger partial charge in [-0.3, -0.25) is 9.59 Å². The van der Waals surface area contributed by atoms with Crippen LogP contribution in [0.15, 0.2) is 24.3 Å². The topological polar surface area (TPSA) is 69.6 Å². The van der Waals surface area contributed by atoms with E-state index in [1.807, 2.05) is 0 Å². The number of carbonyl (C=O) groups excluding carboxylic acids is 1. The van der Waals surface area contributed by atoms with Crippen molar-refractivity contribution in [2.75, 3.05) is 24.5 Å². The molecule has 6 heteroatoms. The summed E-state index contributed by atoms with van der Waals surface area (Å²) in [5.41, 5.74) is 0.565. The summed E-state index contributed by atoms with van der Waals surface area (Å²) >= 11 is 5.83. The number of nitrogens with zero attached hydrogens (tertiary/aromatic N) is 1. The molecule has 0 saturated carbocycles. The van der Waals surface area contributed by atoms with Crippen LogP contribution in [-0.2, 0) is 9.59 Å². The van der Waals surface area contributed by atoms with Crippen molar-refractivity contribution >= 4 is 29.2 Å². The Morgan fingerprint density at radius 1 is 1.33 bits per heavy atom. The Morgan fingerprint density at radius 2 is 2.05 bits per heavy atom. The van der Waals surface area contributed by atoms with E-state index in [9.17, 15) is 9.59 Å². The van der Waals surface area contributed by atoms with Gasteiger partial charge < -0.3 is 15.3 Å². The quantitative estimate of drug-likeness (QED) is 0.874. The van der Waals surface area contributed by atoms with Crippen molar-refractivity contribution in [2.24, 2.45) is 5.92 Å². The molecule has 21 heavy (non-hydrogen) atoms. The van der Waals surface area contributed by atoms with E-state index in [0.29, 0.717) is 17.1 Å². The molecule has 0 aromatic heterocycles. The first-order valence-corrected chi connectivity index (χ1v) is 7.42. The van der Waals surface area contributed by atoms with Gasteiger partial charge in [0.15, 0.2) is 0 Å². The largest absolute Gasteiger partial charge is 0.480 e. The van der Waals surface area contributed by atoms with E-state index in [4.69, 9.17) is 16.7 Å². The highest BCUT2D eigenvalue weighted by atomic mass is 35.5. The van der Waals surface area contributed by atoms with Crippen LogP contribution in [0.4, 0.5) is 5.69 Å². The van der Waals surface area contributed by atoms with Crippen molar-refractivity contribution in [3.05, 3.63) is 29.3 Å². The van der Waals surface area contributed by atoms with E-state index >= 15 is 0 Å². The fourth-order valence-electron chi connectivity index (χ4n) is 2.54. The number of carboxylic acid groups (broad SMARTS) is 1. The first-order valence-electron chi connectivity index (χ1n) is 7.04. The van der Waals surface area contributed by atoms with Crippen LogP contribution in [0.3, 0.4) is 0 Å². The monoisotopic (exact) mass is 310 g/mol. The maximum absolute atomic E-state index is 12.4. The molecule has 114 valence electrons. The molecular formula is C15H19ClN2O3. The number of piperidine rings is 1. The van der Waals surface area contributed by atoms with Gasteiger partial charge in [0.05, 0.1) is 0 Å². The molecular weight excluding hydrogens is 292 g/mol. The molecule has 1 aliphatic rings. The van der Waals surface area contributed by atoms with E-state index in [1.165, 1.54) is 4.90 Å². The second kappa shape index (κ2) is 7.43. The zero-order valence-electron chi connectivity index (χ0n) is 11.7. The third-order valence-corrected chi connectivity index (χ3v) is 3.85. The summed E-state index contributed by atoms with van der Waals surface area (Å²) in [5.74, 6) is -0.914. The average Bonchev–Trinajstić information content (AvgIpc) is 2.46. The van der Waals surface area contributed by atoms with Gasteiger partial charge in [0.1, 0.15) is 6.54 Å². The van der Waals surface area contributed by atoms with Gasteiger partial charge in [-0.15, -0.1) is 0 Å². The van der Waals surface area contributed by atoms with Crippen molar-refractivity contribution in [3.8, 4) is 0 Å². The molecule has 0 spiro atoms. The Hall–Kier alpha value is -1.59. The minimum atomic E-state index is -1.03. The lowest BCUT2D eigenvalue weighted by atomic mass is 9.95. The lowest BCUT2D eigenvalue weighted by molar-refractivity contribution is -0.136. The summed E-state index contributed by atoms with van der Waals surface area (Å²) in [4.78, 5) is 24.8. The van der Waals surface area contributed by atoms with Gasteiger partial charge in [0.25, 0.3) is 0 Å². The zero-order chi connectivity index (χ0) is 15.2. The zero-order valence-corrected chi connectivity index (χ0v) is 12.5. The number of amides is 1. The molecule has 2 N–H and O–H groups in total. The molecule has 1 unspecified atom stereocenters. The standard InChI is InChI=1S/C15H19ClN2O3/c16-12-3-5-13(6-4-12)18(10-15(20)21)14(19)8-11-2-1-7-17-9-11/h3-6,11,17H,1-2,7-10H2,(H,20,21). The predicted octanol–water partition coefficient (Wildman–Crippen LogP) is 2.15. The molecule has 1 fully saturated rings. The summed E-state index contributed by atoms with van der Waals surface area (Å²) in [5, 5.41) is 12.8. The molecule has 1 heterocycles. The van der Waals surface area contributed by atoms with Crippen molar-refractivity contribution in [1.29, 1.82) is 0 Å². The van der Waals surface area contributed by atoms with Crippen LogP contribution in [0.1, 0.15) is 19.3 Å². The first-order chi connectivity index (χ1) is 10.1. The molecule has 1 atom stereocenters. The van der Waals surface area contributed by atoms with Crippen LogP contribution in [-0.4, -0.2) is 36.6 Å². The summed E-state index contributed by atoms with van der Waals surface area (Å²) in [6.45, 7) is 1.47. The fourth-order valence-corrected chi connectivity index (χ4v) is 2.66. The molecule has 0 bridgehead atoms. The Kier molecular flexibility index (Phi) is 5.59. The number of halogens is 1. The number of hydrogen-bond acceptors (Lipinski definition) is 3. The maximum Gasteiger partial charge on any atom is 0.323 e. The average molecular weight is 311 g/mol. The third kappa shape index (κ3) is 4.72. The molecule has 2 rings (SSSR count). The van der Waals surface area contributed by atoms with Crippen LogP contribution in [0, 0.1) is 5.92 Å². The number of carbonyl (C=O) groups is 2. The third-order valence-electron chi connectivity index (χ3n) is 3.59. The summed E-state index contributed by atoms with van der Waals surface area (Å²) in [7, 11) is 0. The van der Waals surface area contributed by atoms with Crippen molar-refractivity contribution in [2.45, 2.75) is 19.3 Å². The number of aliphatic carboxylic acids is 1. The molecule has 1 aromatic rings. The van der Waals surface area contributed by atoms with E-state index in [1.54, 1.807) is 24.3 Å². The van der Waals surface area contributed by atoms with Crippen LogP contribution < -0.4 is 10.2 Å². The number of hydrogen-bond donors (Lipinski definition) is 2. The summed E-state index contributed by atoms with van der Waals surface area (Å²) < 4.78 is 0. The Morgan fingerprint density at radius 3 is 2.62 bits per heavy atom. The second-order valence-corrected chi connectivity index (χ2v) is 5.70. The summed E-state index contributed by atoms with van der Waals surface area (Å²) in [6.07, 6.45) is 2.42. The van der Waals surface area contributed by atoms with Crippen LogP contribution in [0.2, 0.25) is 5.02 Å². The van der Waals surface area contributed by atoms with E-state index in [2.05, 4.69) is 5.32 Å². The molecule has 1 amide bonds. The highest BCUT2D eigenvalue weighted by Gasteiger charge is 2.23. The van der Waals surface area contributed by atoms with Gasteiger partial charge in [-0.25, -0.2) is 0 Å². The van der Waals surface area contributed by atoms with Gasteiger partial charge in [0.2, 0.25) is 5.91 Å². The molecule has 0 aliphatic carbocycles. The van der Waals surface area contributed by atoms with Crippen molar-refractivity contribution in [1.82, 2.24) is 5.32 Å². The van der Waals surface area contributed by atoms with Crippen LogP contribution in [0.5, 0.6) is 0 Å². The normalized spacial score (nSPS) is 18.2. The van der Waals surface area contributed by atoms with Crippen molar-refractivity contribution < 1.29 is 14.7 Å². The highest BCUT2D eigenvalue weighted by molar-refractivity contribution is 6.30. The van der Waals surface area contributed by atoms with Gasteiger partial charge in [-0.1, -0.05) is 11.6 Å². The fraction of sp³-hybridized carbons (Fsp3) is 0.467. The number of rotatable bonds is 5. The minimum Gasteiger partial charge on any atom is -0.480 e. The van der Waals surface area contributed by atoms with Gasteiger partial charge >= 0.3 is 5.97 Å². The Labute approximate surface area is 128 Å². The first kappa shape index (κ1) is 15.8. The van der Waals surface area contributed by atoms with Crippen molar-refractivity contribution in [3.63, 3.8) is 0 Å². The smallest absolute Gasteiger partial charge is 0.323 e. The van der Waals surface area contributed by atoms with Crippen LogP contribution in [0.25, 0.3) is 0 Å². The number of benzene rings is 1. The second-order valence-electron chi connectivity index (χ2n) is 5.27. The SMILES string of the molecule is O=C(O)CN(C(=O)CC1CCCNC1)c1ccc(Cl)cc1. The molecule has 5 nitrogen and oxygen atoms in total. The van der Waals surface area contributed by atoms with E-state index in [-0.39, 0.29) is 18.4 Å². The van der Waals surface area contributed by atoms with E-state index < -0.39 is 5.97 Å².